The van der Waals surface area contributed by atoms with Crippen molar-refractivity contribution in [3.05, 3.63) is 12.2 Å². The average molecular weight is 223 g/mol. The van der Waals surface area contributed by atoms with E-state index in [0.717, 1.165) is 31.3 Å². The summed E-state index contributed by atoms with van der Waals surface area (Å²) >= 11 is 0. The molecule has 1 heterocycles. The van der Waals surface area contributed by atoms with E-state index in [9.17, 15) is 0 Å². The number of aromatic nitrogens is 2. The first-order valence-corrected chi connectivity index (χ1v) is 6.41. The smallest absolute Gasteiger partial charge is 0.213 e. The second-order valence-corrected chi connectivity index (χ2v) is 4.66. The molecule has 0 atom stereocenters. The Balaban J connectivity index is 1.56. The van der Waals surface area contributed by atoms with Gasteiger partial charge in [0, 0.05) is 13.0 Å². The van der Waals surface area contributed by atoms with Gasteiger partial charge in [-0.2, -0.15) is 4.98 Å². The molecular weight excluding hydrogens is 202 g/mol. The third kappa shape index (κ3) is 3.93. The number of nitrogens with one attached hydrogen (secondary N) is 1. The Labute approximate surface area is 96.8 Å². The van der Waals surface area contributed by atoms with E-state index in [2.05, 4.69) is 20.0 Å². The molecule has 0 radical (unpaired) electrons. The first-order valence-electron chi connectivity index (χ1n) is 6.41. The van der Waals surface area contributed by atoms with Gasteiger partial charge in [0.25, 0.3) is 0 Å². The molecule has 0 aromatic carbocycles. The molecule has 1 aliphatic rings. The van der Waals surface area contributed by atoms with E-state index in [1.54, 1.807) is 0 Å². The molecule has 1 aromatic rings. The number of nitrogens with zero attached hydrogens (tertiary/aromatic N) is 2. The summed E-state index contributed by atoms with van der Waals surface area (Å²) < 4.78 is 4.69. The fourth-order valence-corrected chi connectivity index (χ4v) is 2.38. The van der Waals surface area contributed by atoms with Crippen molar-refractivity contribution >= 4 is 0 Å². The SMILES string of the molecule is c1nc(CCNCC2CCCCCC2)no1. The maximum absolute atomic E-state index is 4.69. The van der Waals surface area contributed by atoms with Crippen LogP contribution in [0.15, 0.2) is 10.9 Å². The Morgan fingerprint density at radius 3 is 2.75 bits per heavy atom. The summed E-state index contributed by atoms with van der Waals surface area (Å²) in [5.41, 5.74) is 0. The molecule has 0 amide bonds. The van der Waals surface area contributed by atoms with Crippen LogP contribution in [-0.4, -0.2) is 23.2 Å². The second-order valence-electron chi connectivity index (χ2n) is 4.66. The molecule has 1 N–H and O–H groups in total. The fourth-order valence-electron chi connectivity index (χ4n) is 2.38. The molecule has 0 aliphatic heterocycles. The lowest BCUT2D eigenvalue weighted by atomic mass is 10.0. The maximum atomic E-state index is 4.69. The van der Waals surface area contributed by atoms with Crippen molar-refractivity contribution in [3.8, 4) is 0 Å². The van der Waals surface area contributed by atoms with Crippen molar-refractivity contribution in [3.63, 3.8) is 0 Å². The van der Waals surface area contributed by atoms with Crippen molar-refractivity contribution in [2.45, 2.75) is 44.9 Å². The van der Waals surface area contributed by atoms with Crippen LogP contribution in [0.4, 0.5) is 0 Å². The lowest BCUT2D eigenvalue weighted by Gasteiger charge is -2.14. The highest BCUT2D eigenvalue weighted by Gasteiger charge is 2.11. The van der Waals surface area contributed by atoms with Gasteiger partial charge in [0.15, 0.2) is 5.82 Å². The van der Waals surface area contributed by atoms with Gasteiger partial charge in [-0.1, -0.05) is 30.8 Å². The molecule has 16 heavy (non-hydrogen) atoms. The van der Waals surface area contributed by atoms with Gasteiger partial charge >= 0.3 is 0 Å². The second kappa shape index (κ2) is 6.63. The van der Waals surface area contributed by atoms with Crippen LogP contribution in [0.5, 0.6) is 0 Å². The van der Waals surface area contributed by atoms with E-state index < -0.39 is 0 Å². The topological polar surface area (TPSA) is 51.0 Å². The molecule has 0 spiro atoms. The monoisotopic (exact) mass is 223 g/mol. The number of rotatable bonds is 5. The van der Waals surface area contributed by atoms with Crippen LogP contribution in [0.3, 0.4) is 0 Å². The molecule has 1 fully saturated rings. The molecule has 4 nitrogen and oxygen atoms in total. The molecule has 1 aromatic heterocycles. The van der Waals surface area contributed by atoms with E-state index in [1.807, 2.05) is 0 Å². The zero-order valence-corrected chi connectivity index (χ0v) is 9.82. The van der Waals surface area contributed by atoms with Crippen LogP contribution < -0.4 is 5.32 Å². The largest absolute Gasteiger partial charge is 0.343 e. The van der Waals surface area contributed by atoms with E-state index in [1.165, 1.54) is 44.9 Å². The molecule has 1 aliphatic carbocycles. The zero-order chi connectivity index (χ0) is 11.1. The Morgan fingerprint density at radius 1 is 1.25 bits per heavy atom. The highest BCUT2D eigenvalue weighted by atomic mass is 16.5. The summed E-state index contributed by atoms with van der Waals surface area (Å²) in [6.07, 6.45) is 10.7. The zero-order valence-electron chi connectivity index (χ0n) is 9.82. The Morgan fingerprint density at radius 2 is 2.06 bits per heavy atom. The Kier molecular flexibility index (Phi) is 4.80. The molecule has 2 rings (SSSR count). The molecule has 0 bridgehead atoms. The van der Waals surface area contributed by atoms with Crippen molar-refractivity contribution in [1.29, 1.82) is 0 Å². The van der Waals surface area contributed by atoms with Gasteiger partial charge in [-0.25, -0.2) is 0 Å². The molecule has 1 saturated carbocycles. The minimum Gasteiger partial charge on any atom is -0.343 e. The summed E-state index contributed by atoms with van der Waals surface area (Å²) in [4.78, 5) is 4.00. The summed E-state index contributed by atoms with van der Waals surface area (Å²) in [6, 6.07) is 0. The summed E-state index contributed by atoms with van der Waals surface area (Å²) in [6.45, 7) is 2.11. The van der Waals surface area contributed by atoms with Crippen LogP contribution in [0.25, 0.3) is 0 Å². The summed E-state index contributed by atoms with van der Waals surface area (Å²) in [7, 11) is 0. The Bertz CT molecular complexity index is 266. The average Bonchev–Trinajstić information content (AvgIpc) is 2.68. The molecule has 90 valence electrons. The first kappa shape index (κ1) is 11.6. The normalized spacial score (nSPS) is 18.5. The van der Waals surface area contributed by atoms with Gasteiger partial charge in [-0.15, -0.1) is 0 Å². The van der Waals surface area contributed by atoms with Crippen molar-refractivity contribution in [1.82, 2.24) is 15.5 Å². The minimum absolute atomic E-state index is 0.799. The van der Waals surface area contributed by atoms with Crippen LogP contribution in [0.1, 0.15) is 44.3 Å². The van der Waals surface area contributed by atoms with Gasteiger partial charge in [-0.05, 0) is 25.3 Å². The molecule has 0 saturated heterocycles. The van der Waals surface area contributed by atoms with Crippen LogP contribution in [0.2, 0.25) is 0 Å². The molecule has 0 unspecified atom stereocenters. The molecule has 4 heteroatoms. The highest BCUT2D eigenvalue weighted by molar-refractivity contribution is 4.78. The summed E-state index contributed by atoms with van der Waals surface area (Å²) in [5, 5.41) is 7.29. The highest BCUT2D eigenvalue weighted by Crippen LogP contribution is 2.21. The third-order valence-electron chi connectivity index (χ3n) is 3.34. The van der Waals surface area contributed by atoms with Gasteiger partial charge in [-0.3, -0.25) is 0 Å². The van der Waals surface area contributed by atoms with Crippen LogP contribution in [-0.2, 0) is 6.42 Å². The third-order valence-corrected chi connectivity index (χ3v) is 3.34. The van der Waals surface area contributed by atoms with Crippen molar-refractivity contribution in [2.75, 3.05) is 13.1 Å². The van der Waals surface area contributed by atoms with Crippen molar-refractivity contribution < 1.29 is 4.52 Å². The quantitative estimate of drug-likeness (QED) is 0.614. The van der Waals surface area contributed by atoms with Gasteiger partial charge in [0.1, 0.15) is 0 Å². The number of hydrogen-bond acceptors (Lipinski definition) is 4. The van der Waals surface area contributed by atoms with E-state index in [-0.39, 0.29) is 0 Å². The van der Waals surface area contributed by atoms with Crippen LogP contribution >= 0.6 is 0 Å². The fraction of sp³-hybridized carbons (Fsp3) is 0.833. The lowest BCUT2D eigenvalue weighted by Crippen LogP contribution is -2.25. The van der Waals surface area contributed by atoms with E-state index in [0.29, 0.717) is 0 Å². The minimum atomic E-state index is 0.799. The Hall–Kier alpha value is -0.900. The standard InChI is InChI=1S/C12H21N3O/c1-2-4-6-11(5-3-1)9-13-8-7-12-14-10-16-15-12/h10-11,13H,1-9H2. The molecular formula is C12H21N3O. The van der Waals surface area contributed by atoms with Crippen molar-refractivity contribution in [2.24, 2.45) is 5.92 Å². The number of hydrogen-bond donors (Lipinski definition) is 1. The summed E-state index contributed by atoms with van der Waals surface area (Å²) in [5.74, 6) is 1.68. The van der Waals surface area contributed by atoms with Crippen LogP contribution in [0, 0.1) is 5.92 Å². The predicted molar refractivity (Wildman–Crippen MR) is 62.1 cm³/mol. The van der Waals surface area contributed by atoms with Gasteiger partial charge in [0.05, 0.1) is 0 Å². The van der Waals surface area contributed by atoms with E-state index in [4.69, 9.17) is 0 Å². The lowest BCUT2D eigenvalue weighted by molar-refractivity contribution is 0.405. The maximum Gasteiger partial charge on any atom is 0.213 e. The van der Waals surface area contributed by atoms with Gasteiger partial charge in [0.2, 0.25) is 6.39 Å². The predicted octanol–water partition coefficient (Wildman–Crippen LogP) is 2.17. The van der Waals surface area contributed by atoms with Gasteiger partial charge < -0.3 is 9.84 Å². The van der Waals surface area contributed by atoms with E-state index >= 15 is 0 Å². The first-order chi connectivity index (χ1) is 7.95.